The van der Waals surface area contributed by atoms with Crippen molar-refractivity contribution in [1.29, 1.82) is 10.5 Å². The first-order valence-electron chi connectivity index (χ1n) is 4.27. The molecular weight excluding hydrogens is 150 g/mol. The molecule has 12 heavy (non-hydrogen) atoms. The third-order valence-electron chi connectivity index (χ3n) is 2.33. The molecule has 3 nitrogen and oxygen atoms in total. The molecule has 64 valence electrons. The van der Waals surface area contributed by atoms with Crippen LogP contribution in [0.1, 0.15) is 26.7 Å². The third-order valence-corrected chi connectivity index (χ3v) is 2.33. The van der Waals surface area contributed by atoms with Gasteiger partial charge in [-0.15, -0.1) is 0 Å². The van der Waals surface area contributed by atoms with E-state index in [1.54, 1.807) is 0 Å². The topological polar surface area (TPSA) is 50.8 Å². The molecule has 0 N–H and O–H groups in total. The van der Waals surface area contributed by atoms with Crippen LogP contribution in [0.5, 0.6) is 0 Å². The maximum Gasteiger partial charge on any atom is 0.0991 e. The molecule has 0 aromatic rings. The molecule has 2 unspecified atom stereocenters. The van der Waals surface area contributed by atoms with Gasteiger partial charge >= 0.3 is 0 Å². The quantitative estimate of drug-likeness (QED) is 0.585. The summed E-state index contributed by atoms with van der Waals surface area (Å²) in [6, 6.07) is 4.67. The maximum absolute atomic E-state index is 8.80. The molecule has 0 aliphatic carbocycles. The molecule has 3 heteroatoms. The van der Waals surface area contributed by atoms with Crippen LogP contribution < -0.4 is 0 Å². The SMILES string of the molecule is CC(C)N1C(C#N)CCC1C#N. The zero-order valence-electron chi connectivity index (χ0n) is 7.49. The van der Waals surface area contributed by atoms with Gasteiger partial charge < -0.3 is 0 Å². The lowest BCUT2D eigenvalue weighted by atomic mass is 10.2. The van der Waals surface area contributed by atoms with Crippen molar-refractivity contribution in [2.75, 3.05) is 0 Å². The fraction of sp³-hybridized carbons (Fsp3) is 0.778. The molecule has 1 aliphatic rings. The average Bonchev–Trinajstić information content (AvgIpc) is 2.46. The van der Waals surface area contributed by atoms with Gasteiger partial charge in [0, 0.05) is 6.04 Å². The molecule has 1 heterocycles. The number of rotatable bonds is 1. The second kappa shape index (κ2) is 3.56. The molecule has 0 bridgehead atoms. The summed E-state index contributed by atoms with van der Waals surface area (Å²) in [6.45, 7) is 4.06. The summed E-state index contributed by atoms with van der Waals surface area (Å²) in [6.07, 6.45) is 1.68. The van der Waals surface area contributed by atoms with Gasteiger partial charge in [0.15, 0.2) is 0 Å². The molecule has 0 radical (unpaired) electrons. The highest BCUT2D eigenvalue weighted by Gasteiger charge is 2.34. The van der Waals surface area contributed by atoms with E-state index in [-0.39, 0.29) is 12.1 Å². The molecular formula is C9H13N3. The summed E-state index contributed by atoms with van der Waals surface area (Å²) in [7, 11) is 0. The number of nitrogens with zero attached hydrogens (tertiary/aromatic N) is 3. The van der Waals surface area contributed by atoms with E-state index in [1.165, 1.54) is 0 Å². The second-order valence-corrected chi connectivity index (χ2v) is 3.41. The Hall–Kier alpha value is -1.06. The Bertz CT molecular complexity index is 211. The van der Waals surface area contributed by atoms with Gasteiger partial charge in [0.25, 0.3) is 0 Å². The Morgan fingerprint density at radius 1 is 1.17 bits per heavy atom. The van der Waals surface area contributed by atoms with Crippen molar-refractivity contribution in [3.8, 4) is 12.1 Å². The first-order chi connectivity index (χ1) is 5.70. The Kier molecular flexibility index (Phi) is 2.68. The predicted octanol–water partition coefficient (Wildman–Crippen LogP) is 1.27. The van der Waals surface area contributed by atoms with E-state index in [4.69, 9.17) is 10.5 Å². The molecule has 1 rings (SSSR count). The monoisotopic (exact) mass is 163 g/mol. The highest BCUT2D eigenvalue weighted by molar-refractivity contribution is 5.07. The molecule has 1 saturated heterocycles. The molecule has 0 amide bonds. The smallest absolute Gasteiger partial charge is 0.0991 e. The molecule has 1 aliphatic heterocycles. The Labute approximate surface area is 73.2 Å². The predicted molar refractivity (Wildman–Crippen MR) is 45.0 cm³/mol. The second-order valence-electron chi connectivity index (χ2n) is 3.41. The van der Waals surface area contributed by atoms with E-state index in [9.17, 15) is 0 Å². The Balaban J connectivity index is 2.75. The van der Waals surface area contributed by atoms with Crippen LogP contribution in [0, 0.1) is 22.7 Å². The standard InChI is InChI=1S/C9H13N3/c1-7(2)12-8(5-10)3-4-9(12)6-11/h7-9H,3-4H2,1-2H3. The van der Waals surface area contributed by atoms with Crippen LogP contribution in [0.4, 0.5) is 0 Å². The number of nitriles is 2. The Morgan fingerprint density at radius 3 is 1.83 bits per heavy atom. The van der Waals surface area contributed by atoms with Crippen LogP contribution in [0.25, 0.3) is 0 Å². The summed E-state index contributed by atoms with van der Waals surface area (Å²) < 4.78 is 0. The van der Waals surface area contributed by atoms with Crippen LogP contribution in [0.3, 0.4) is 0 Å². The van der Waals surface area contributed by atoms with Gasteiger partial charge in [0.2, 0.25) is 0 Å². The average molecular weight is 163 g/mol. The lowest BCUT2D eigenvalue weighted by Gasteiger charge is -2.26. The first kappa shape index (κ1) is 9.03. The third kappa shape index (κ3) is 1.42. The van der Waals surface area contributed by atoms with Gasteiger partial charge in [-0.1, -0.05) is 0 Å². The molecule has 0 spiro atoms. The number of hydrogen-bond donors (Lipinski definition) is 0. The first-order valence-corrected chi connectivity index (χ1v) is 4.27. The van der Waals surface area contributed by atoms with Gasteiger partial charge in [-0.25, -0.2) is 0 Å². The van der Waals surface area contributed by atoms with Crippen LogP contribution in [-0.2, 0) is 0 Å². The summed E-state index contributed by atoms with van der Waals surface area (Å²) in [5.41, 5.74) is 0. The fourth-order valence-corrected chi connectivity index (χ4v) is 1.81. The summed E-state index contributed by atoms with van der Waals surface area (Å²) >= 11 is 0. The highest BCUT2D eigenvalue weighted by Crippen LogP contribution is 2.25. The minimum Gasteiger partial charge on any atom is -0.270 e. The van der Waals surface area contributed by atoms with Crippen molar-refractivity contribution >= 4 is 0 Å². The van der Waals surface area contributed by atoms with Crippen molar-refractivity contribution < 1.29 is 0 Å². The summed E-state index contributed by atoms with van der Waals surface area (Å²) in [5, 5.41) is 17.6. The van der Waals surface area contributed by atoms with Crippen molar-refractivity contribution in [2.45, 2.75) is 44.8 Å². The fourth-order valence-electron chi connectivity index (χ4n) is 1.81. The van der Waals surface area contributed by atoms with E-state index in [1.807, 2.05) is 18.7 Å². The van der Waals surface area contributed by atoms with Crippen molar-refractivity contribution in [3.63, 3.8) is 0 Å². The minimum absolute atomic E-state index is 0.0466. The highest BCUT2D eigenvalue weighted by atomic mass is 15.2. The van der Waals surface area contributed by atoms with Gasteiger partial charge in [-0.2, -0.15) is 10.5 Å². The largest absolute Gasteiger partial charge is 0.270 e. The number of likely N-dealkylation sites (tertiary alicyclic amines) is 1. The van der Waals surface area contributed by atoms with E-state index < -0.39 is 0 Å². The zero-order chi connectivity index (χ0) is 9.14. The van der Waals surface area contributed by atoms with E-state index in [0.29, 0.717) is 6.04 Å². The lowest BCUT2D eigenvalue weighted by molar-refractivity contribution is 0.204. The van der Waals surface area contributed by atoms with Gasteiger partial charge in [-0.05, 0) is 26.7 Å². The van der Waals surface area contributed by atoms with Gasteiger partial charge in [-0.3, -0.25) is 4.90 Å². The van der Waals surface area contributed by atoms with Crippen LogP contribution in [0.2, 0.25) is 0 Å². The van der Waals surface area contributed by atoms with E-state index >= 15 is 0 Å². The van der Waals surface area contributed by atoms with Crippen molar-refractivity contribution in [2.24, 2.45) is 0 Å². The van der Waals surface area contributed by atoms with Crippen LogP contribution in [-0.4, -0.2) is 23.0 Å². The molecule has 2 atom stereocenters. The minimum atomic E-state index is -0.0466. The summed E-state index contributed by atoms with van der Waals surface area (Å²) in [5.74, 6) is 0. The molecule has 0 aromatic heterocycles. The zero-order valence-corrected chi connectivity index (χ0v) is 7.49. The van der Waals surface area contributed by atoms with Gasteiger partial charge in [0.05, 0.1) is 24.2 Å². The van der Waals surface area contributed by atoms with E-state index in [2.05, 4.69) is 12.1 Å². The normalized spacial score (nSPS) is 30.1. The lowest BCUT2D eigenvalue weighted by Crippen LogP contribution is -2.39. The number of hydrogen-bond acceptors (Lipinski definition) is 3. The van der Waals surface area contributed by atoms with Crippen LogP contribution in [0.15, 0.2) is 0 Å². The summed E-state index contributed by atoms with van der Waals surface area (Å²) in [4.78, 5) is 2.00. The van der Waals surface area contributed by atoms with Crippen molar-refractivity contribution in [1.82, 2.24) is 4.90 Å². The van der Waals surface area contributed by atoms with E-state index in [0.717, 1.165) is 12.8 Å². The molecule has 1 fully saturated rings. The molecule has 0 saturated carbocycles. The van der Waals surface area contributed by atoms with Crippen molar-refractivity contribution in [3.05, 3.63) is 0 Å². The maximum atomic E-state index is 8.80. The molecule has 0 aromatic carbocycles. The van der Waals surface area contributed by atoms with Gasteiger partial charge in [0.1, 0.15) is 0 Å². The Morgan fingerprint density at radius 2 is 1.58 bits per heavy atom. The van der Waals surface area contributed by atoms with Crippen LogP contribution >= 0.6 is 0 Å².